The standard InChI is InChI=1S/C29H42N2O2/c1-7-9-19-30-28(33)26(8-2)31(21-24-12-10-11-22(3)20-24)27(32)18-15-23-13-16-25(17-14-23)29(4,5)6/h10-14,16-17,20,26H,7-9,15,18-19,21H2,1-6H3,(H,30,33)/t26-/m0/s1. The molecule has 1 atom stereocenters. The summed E-state index contributed by atoms with van der Waals surface area (Å²) in [6.45, 7) is 13.8. The van der Waals surface area contributed by atoms with Crippen LogP contribution in [0.5, 0.6) is 0 Å². The zero-order valence-corrected chi connectivity index (χ0v) is 21.4. The fourth-order valence-corrected chi connectivity index (χ4v) is 4.00. The van der Waals surface area contributed by atoms with Crippen LogP contribution in [0.15, 0.2) is 48.5 Å². The first kappa shape index (κ1) is 26.6. The maximum absolute atomic E-state index is 13.4. The molecule has 0 fully saturated rings. The quantitative estimate of drug-likeness (QED) is 0.430. The summed E-state index contributed by atoms with van der Waals surface area (Å²) < 4.78 is 0. The van der Waals surface area contributed by atoms with Crippen LogP contribution in [0, 0.1) is 6.92 Å². The second-order valence-electron chi connectivity index (χ2n) is 10.0. The van der Waals surface area contributed by atoms with Crippen molar-refractivity contribution in [1.29, 1.82) is 0 Å². The molecule has 0 aliphatic rings. The summed E-state index contributed by atoms with van der Waals surface area (Å²) >= 11 is 0. The summed E-state index contributed by atoms with van der Waals surface area (Å²) in [4.78, 5) is 28.1. The van der Waals surface area contributed by atoms with Gasteiger partial charge in [0.2, 0.25) is 11.8 Å². The van der Waals surface area contributed by atoms with Gasteiger partial charge in [0.1, 0.15) is 6.04 Å². The molecule has 0 heterocycles. The molecule has 33 heavy (non-hydrogen) atoms. The van der Waals surface area contributed by atoms with Gasteiger partial charge in [-0.25, -0.2) is 0 Å². The SMILES string of the molecule is CCCCNC(=O)[C@H](CC)N(Cc1cccc(C)c1)C(=O)CCc1ccc(C(C)(C)C)cc1. The summed E-state index contributed by atoms with van der Waals surface area (Å²) in [6.07, 6.45) is 3.62. The number of carbonyl (C=O) groups excluding carboxylic acids is 2. The van der Waals surface area contributed by atoms with Gasteiger partial charge in [-0.1, -0.05) is 95.1 Å². The predicted octanol–water partition coefficient (Wildman–Crippen LogP) is 5.95. The highest BCUT2D eigenvalue weighted by molar-refractivity contribution is 5.87. The predicted molar refractivity (Wildman–Crippen MR) is 137 cm³/mol. The Kier molecular flexibility index (Phi) is 10.1. The first-order valence-electron chi connectivity index (χ1n) is 12.4. The summed E-state index contributed by atoms with van der Waals surface area (Å²) in [5.74, 6) is -0.0321. The number of nitrogens with one attached hydrogen (secondary N) is 1. The van der Waals surface area contributed by atoms with E-state index in [1.807, 2.05) is 32.0 Å². The fraction of sp³-hybridized carbons (Fsp3) is 0.517. The van der Waals surface area contributed by atoms with E-state index >= 15 is 0 Å². The molecular weight excluding hydrogens is 408 g/mol. The van der Waals surface area contributed by atoms with E-state index < -0.39 is 6.04 Å². The van der Waals surface area contributed by atoms with E-state index in [4.69, 9.17) is 0 Å². The highest BCUT2D eigenvalue weighted by atomic mass is 16.2. The van der Waals surface area contributed by atoms with E-state index in [0.717, 1.165) is 29.5 Å². The number of hydrogen-bond donors (Lipinski definition) is 1. The smallest absolute Gasteiger partial charge is 0.242 e. The van der Waals surface area contributed by atoms with Crippen molar-refractivity contribution in [3.63, 3.8) is 0 Å². The molecule has 2 rings (SSSR count). The van der Waals surface area contributed by atoms with Gasteiger partial charge in [0.25, 0.3) is 0 Å². The van der Waals surface area contributed by atoms with Crippen molar-refractivity contribution < 1.29 is 9.59 Å². The van der Waals surface area contributed by atoms with Gasteiger partial charge in [-0.2, -0.15) is 0 Å². The molecule has 1 N–H and O–H groups in total. The lowest BCUT2D eigenvalue weighted by Gasteiger charge is -2.31. The van der Waals surface area contributed by atoms with Crippen molar-refractivity contribution in [1.82, 2.24) is 10.2 Å². The molecule has 0 saturated carbocycles. The molecule has 0 saturated heterocycles. The summed E-state index contributed by atoms with van der Waals surface area (Å²) in [7, 11) is 0. The summed E-state index contributed by atoms with van der Waals surface area (Å²) in [5, 5.41) is 3.03. The van der Waals surface area contributed by atoms with Gasteiger partial charge < -0.3 is 10.2 Å². The number of nitrogens with zero attached hydrogens (tertiary/aromatic N) is 1. The Bertz CT molecular complexity index is 897. The lowest BCUT2D eigenvalue weighted by atomic mass is 9.86. The van der Waals surface area contributed by atoms with Gasteiger partial charge in [0, 0.05) is 19.5 Å². The Labute approximate surface area is 200 Å². The van der Waals surface area contributed by atoms with Gasteiger partial charge >= 0.3 is 0 Å². The van der Waals surface area contributed by atoms with Crippen molar-refractivity contribution in [3.05, 3.63) is 70.8 Å². The highest BCUT2D eigenvalue weighted by Crippen LogP contribution is 2.23. The molecule has 0 unspecified atom stereocenters. The second-order valence-corrected chi connectivity index (χ2v) is 10.0. The van der Waals surface area contributed by atoms with Gasteiger partial charge in [-0.05, 0) is 48.3 Å². The van der Waals surface area contributed by atoms with Gasteiger partial charge in [-0.15, -0.1) is 0 Å². The zero-order chi connectivity index (χ0) is 24.4. The number of amides is 2. The monoisotopic (exact) mass is 450 g/mol. The number of carbonyl (C=O) groups is 2. The molecule has 4 heteroatoms. The molecule has 0 spiro atoms. The minimum atomic E-state index is -0.460. The largest absolute Gasteiger partial charge is 0.354 e. The summed E-state index contributed by atoms with van der Waals surface area (Å²) in [6, 6.07) is 16.3. The molecule has 0 bridgehead atoms. The molecular formula is C29H42N2O2. The average molecular weight is 451 g/mol. The first-order chi connectivity index (χ1) is 15.7. The van der Waals surface area contributed by atoms with Crippen molar-refractivity contribution in [2.24, 2.45) is 0 Å². The Balaban J connectivity index is 2.16. The van der Waals surface area contributed by atoms with E-state index in [2.05, 4.69) is 63.3 Å². The Morgan fingerprint density at radius 3 is 2.27 bits per heavy atom. The highest BCUT2D eigenvalue weighted by Gasteiger charge is 2.28. The number of unbranched alkanes of at least 4 members (excludes halogenated alkanes) is 1. The van der Waals surface area contributed by atoms with E-state index in [-0.39, 0.29) is 17.2 Å². The Morgan fingerprint density at radius 1 is 1.00 bits per heavy atom. The van der Waals surface area contributed by atoms with E-state index in [9.17, 15) is 9.59 Å². The third-order valence-electron chi connectivity index (χ3n) is 6.10. The Morgan fingerprint density at radius 2 is 1.70 bits per heavy atom. The van der Waals surface area contributed by atoms with Crippen LogP contribution in [0.4, 0.5) is 0 Å². The van der Waals surface area contributed by atoms with Gasteiger partial charge in [0.05, 0.1) is 0 Å². The van der Waals surface area contributed by atoms with Crippen LogP contribution in [0.3, 0.4) is 0 Å². The molecule has 4 nitrogen and oxygen atoms in total. The number of rotatable bonds is 11. The Hall–Kier alpha value is -2.62. The topological polar surface area (TPSA) is 49.4 Å². The van der Waals surface area contributed by atoms with Gasteiger partial charge in [0.15, 0.2) is 0 Å². The van der Waals surface area contributed by atoms with Crippen LogP contribution in [0.1, 0.15) is 82.6 Å². The van der Waals surface area contributed by atoms with Crippen LogP contribution < -0.4 is 5.32 Å². The van der Waals surface area contributed by atoms with Crippen LogP contribution in [0.25, 0.3) is 0 Å². The zero-order valence-electron chi connectivity index (χ0n) is 21.4. The molecule has 180 valence electrons. The number of hydrogen-bond acceptors (Lipinski definition) is 2. The molecule has 2 aromatic carbocycles. The summed E-state index contributed by atoms with van der Waals surface area (Å²) in [5.41, 5.74) is 4.75. The fourth-order valence-electron chi connectivity index (χ4n) is 4.00. The van der Waals surface area contributed by atoms with Crippen molar-refractivity contribution >= 4 is 11.8 Å². The molecule has 2 aromatic rings. The lowest BCUT2D eigenvalue weighted by Crippen LogP contribution is -2.49. The molecule has 2 amide bonds. The van der Waals surface area contributed by atoms with Crippen molar-refractivity contribution in [2.75, 3.05) is 6.54 Å². The van der Waals surface area contributed by atoms with Crippen LogP contribution in [0.2, 0.25) is 0 Å². The maximum Gasteiger partial charge on any atom is 0.242 e. The van der Waals surface area contributed by atoms with E-state index in [1.165, 1.54) is 5.56 Å². The van der Waals surface area contributed by atoms with Crippen LogP contribution in [-0.4, -0.2) is 29.3 Å². The van der Waals surface area contributed by atoms with Crippen molar-refractivity contribution in [2.45, 2.75) is 91.6 Å². The molecule has 0 aliphatic carbocycles. The van der Waals surface area contributed by atoms with Crippen molar-refractivity contribution in [3.8, 4) is 0 Å². The molecule has 0 aromatic heterocycles. The first-order valence-corrected chi connectivity index (χ1v) is 12.4. The normalized spacial score (nSPS) is 12.3. The van der Waals surface area contributed by atoms with E-state index in [1.54, 1.807) is 4.90 Å². The molecule has 0 aliphatic heterocycles. The maximum atomic E-state index is 13.4. The third kappa shape index (κ3) is 8.34. The third-order valence-corrected chi connectivity index (χ3v) is 6.10. The van der Waals surface area contributed by atoms with E-state index in [0.29, 0.717) is 32.4 Å². The number of aryl methyl sites for hydroxylation is 2. The van der Waals surface area contributed by atoms with Crippen LogP contribution in [-0.2, 0) is 28.0 Å². The lowest BCUT2D eigenvalue weighted by molar-refractivity contribution is -0.141. The second kappa shape index (κ2) is 12.6. The average Bonchev–Trinajstić information content (AvgIpc) is 2.77. The van der Waals surface area contributed by atoms with Crippen LogP contribution >= 0.6 is 0 Å². The minimum Gasteiger partial charge on any atom is -0.354 e. The molecule has 0 radical (unpaired) electrons. The minimum absolute atomic E-state index is 0.0221. The van der Waals surface area contributed by atoms with Gasteiger partial charge in [-0.3, -0.25) is 9.59 Å². The number of benzene rings is 2.